The molecular weight excluding hydrogens is 202 g/mol. The Morgan fingerprint density at radius 3 is 2.73 bits per heavy atom. The van der Waals surface area contributed by atoms with Crippen LogP contribution in [0, 0.1) is 0 Å². The summed E-state index contributed by atoms with van der Waals surface area (Å²) >= 11 is 1.83. The first-order valence-corrected chi connectivity index (χ1v) is 6.27. The molecule has 80 valence electrons. The van der Waals surface area contributed by atoms with E-state index < -0.39 is 0 Å². The third-order valence-corrected chi connectivity index (χ3v) is 3.59. The van der Waals surface area contributed by atoms with Crippen molar-refractivity contribution in [1.82, 2.24) is 0 Å². The highest BCUT2D eigenvalue weighted by Gasteiger charge is 2.05. The molecule has 1 nitrogen and oxygen atoms in total. The highest BCUT2D eigenvalue weighted by Crippen LogP contribution is 2.32. The Kier molecular flexibility index (Phi) is 2.96. The lowest BCUT2D eigenvalue weighted by Gasteiger charge is -2.10. The summed E-state index contributed by atoms with van der Waals surface area (Å²) in [5.74, 6) is 0. The SMILES string of the molecule is CCCc1ccc2scc(N(C)C)c2c1. The van der Waals surface area contributed by atoms with Crippen molar-refractivity contribution in [3.8, 4) is 0 Å². The normalized spacial score (nSPS) is 10.9. The molecule has 0 saturated heterocycles. The Morgan fingerprint density at radius 2 is 2.07 bits per heavy atom. The number of fused-ring (bicyclic) bond motifs is 1. The van der Waals surface area contributed by atoms with Gasteiger partial charge in [-0.1, -0.05) is 19.4 Å². The van der Waals surface area contributed by atoms with E-state index >= 15 is 0 Å². The molecule has 2 aromatic rings. The Morgan fingerprint density at radius 1 is 1.27 bits per heavy atom. The molecule has 0 atom stereocenters. The summed E-state index contributed by atoms with van der Waals surface area (Å²) < 4.78 is 1.39. The van der Waals surface area contributed by atoms with Gasteiger partial charge in [0, 0.05) is 29.6 Å². The summed E-state index contributed by atoms with van der Waals surface area (Å²) in [6.07, 6.45) is 2.39. The zero-order chi connectivity index (χ0) is 10.8. The highest BCUT2D eigenvalue weighted by atomic mass is 32.1. The Bertz CT molecular complexity index is 457. The smallest absolute Gasteiger partial charge is 0.0549 e. The topological polar surface area (TPSA) is 3.24 Å². The summed E-state index contributed by atoms with van der Waals surface area (Å²) in [5, 5.41) is 3.64. The van der Waals surface area contributed by atoms with Crippen molar-refractivity contribution in [3.63, 3.8) is 0 Å². The summed E-state index contributed by atoms with van der Waals surface area (Å²) in [7, 11) is 4.21. The van der Waals surface area contributed by atoms with E-state index in [0.717, 1.165) is 0 Å². The first-order valence-electron chi connectivity index (χ1n) is 5.40. The highest BCUT2D eigenvalue weighted by molar-refractivity contribution is 7.17. The fraction of sp³-hybridized carbons (Fsp3) is 0.385. The maximum atomic E-state index is 2.34. The van der Waals surface area contributed by atoms with E-state index in [1.165, 1.54) is 34.2 Å². The summed E-state index contributed by atoms with van der Waals surface area (Å²) in [6.45, 7) is 2.23. The second kappa shape index (κ2) is 4.23. The fourth-order valence-corrected chi connectivity index (χ4v) is 2.87. The van der Waals surface area contributed by atoms with Crippen LogP contribution in [0.15, 0.2) is 23.6 Å². The fourth-order valence-electron chi connectivity index (χ4n) is 1.85. The number of hydrogen-bond acceptors (Lipinski definition) is 2. The first kappa shape index (κ1) is 10.5. The van der Waals surface area contributed by atoms with Crippen LogP contribution in [0.3, 0.4) is 0 Å². The van der Waals surface area contributed by atoms with Crippen LogP contribution in [0.4, 0.5) is 5.69 Å². The van der Waals surface area contributed by atoms with Crippen molar-refractivity contribution < 1.29 is 0 Å². The summed E-state index contributed by atoms with van der Waals surface area (Å²) in [6, 6.07) is 6.84. The zero-order valence-corrected chi connectivity index (χ0v) is 10.4. The van der Waals surface area contributed by atoms with Gasteiger partial charge in [0.05, 0.1) is 5.69 Å². The molecule has 0 saturated carbocycles. The van der Waals surface area contributed by atoms with Crippen molar-refractivity contribution >= 4 is 27.1 Å². The lowest BCUT2D eigenvalue weighted by molar-refractivity contribution is 0.924. The third-order valence-electron chi connectivity index (χ3n) is 2.64. The maximum Gasteiger partial charge on any atom is 0.0549 e. The maximum absolute atomic E-state index is 2.34. The minimum absolute atomic E-state index is 1.18. The molecular formula is C13H17NS. The molecule has 0 bridgehead atoms. The van der Waals surface area contributed by atoms with Gasteiger partial charge in [0.25, 0.3) is 0 Å². The quantitative estimate of drug-likeness (QED) is 0.756. The van der Waals surface area contributed by atoms with Crippen molar-refractivity contribution in [2.45, 2.75) is 19.8 Å². The van der Waals surface area contributed by atoms with Crippen LogP contribution >= 0.6 is 11.3 Å². The average molecular weight is 219 g/mol. The van der Waals surface area contributed by atoms with Crippen molar-refractivity contribution in [2.24, 2.45) is 0 Å². The molecule has 0 N–H and O–H groups in total. The lowest BCUT2D eigenvalue weighted by Crippen LogP contribution is -2.07. The molecule has 1 aromatic carbocycles. The molecule has 0 fully saturated rings. The number of aryl methyl sites for hydroxylation is 1. The van der Waals surface area contributed by atoms with Crippen LogP contribution in [0.25, 0.3) is 10.1 Å². The number of anilines is 1. The van der Waals surface area contributed by atoms with E-state index in [-0.39, 0.29) is 0 Å². The number of thiophene rings is 1. The average Bonchev–Trinajstić information content (AvgIpc) is 2.61. The lowest BCUT2D eigenvalue weighted by atomic mass is 10.1. The van der Waals surface area contributed by atoms with Crippen molar-refractivity contribution in [3.05, 3.63) is 29.1 Å². The van der Waals surface area contributed by atoms with Crippen LogP contribution < -0.4 is 4.90 Å². The Hall–Kier alpha value is -1.02. The van der Waals surface area contributed by atoms with Gasteiger partial charge < -0.3 is 4.90 Å². The number of rotatable bonds is 3. The van der Waals surface area contributed by atoms with Gasteiger partial charge in [-0.3, -0.25) is 0 Å². The molecule has 2 rings (SSSR count). The molecule has 1 heterocycles. The van der Waals surface area contributed by atoms with Gasteiger partial charge in [0.2, 0.25) is 0 Å². The van der Waals surface area contributed by atoms with Gasteiger partial charge in [0.15, 0.2) is 0 Å². The third kappa shape index (κ3) is 2.00. The predicted molar refractivity (Wildman–Crippen MR) is 70.1 cm³/mol. The van der Waals surface area contributed by atoms with Crippen LogP contribution in [-0.2, 0) is 6.42 Å². The molecule has 15 heavy (non-hydrogen) atoms. The number of hydrogen-bond donors (Lipinski definition) is 0. The van der Waals surface area contributed by atoms with Crippen LogP contribution in [0.1, 0.15) is 18.9 Å². The molecule has 0 aliphatic carbocycles. The molecule has 0 unspecified atom stereocenters. The minimum Gasteiger partial charge on any atom is -0.376 e. The predicted octanol–water partition coefficient (Wildman–Crippen LogP) is 3.92. The second-order valence-corrected chi connectivity index (χ2v) is 5.01. The number of nitrogens with zero attached hydrogens (tertiary/aromatic N) is 1. The Balaban J connectivity index is 2.51. The monoisotopic (exact) mass is 219 g/mol. The van der Waals surface area contributed by atoms with E-state index in [2.05, 4.69) is 49.5 Å². The van der Waals surface area contributed by atoms with Gasteiger partial charge in [-0.05, 0) is 24.1 Å². The molecule has 1 aromatic heterocycles. The van der Waals surface area contributed by atoms with Gasteiger partial charge in [-0.2, -0.15) is 0 Å². The molecule has 0 aliphatic rings. The van der Waals surface area contributed by atoms with Gasteiger partial charge in [-0.15, -0.1) is 11.3 Å². The van der Waals surface area contributed by atoms with E-state index in [0.29, 0.717) is 0 Å². The minimum atomic E-state index is 1.18. The van der Waals surface area contributed by atoms with Gasteiger partial charge >= 0.3 is 0 Å². The molecule has 0 aliphatic heterocycles. The summed E-state index contributed by atoms with van der Waals surface area (Å²) in [5.41, 5.74) is 2.79. The Labute approximate surface area is 95.3 Å². The largest absolute Gasteiger partial charge is 0.376 e. The van der Waals surface area contributed by atoms with Crippen molar-refractivity contribution in [2.75, 3.05) is 19.0 Å². The van der Waals surface area contributed by atoms with Gasteiger partial charge in [-0.25, -0.2) is 0 Å². The zero-order valence-electron chi connectivity index (χ0n) is 9.58. The molecule has 2 heteroatoms. The van der Waals surface area contributed by atoms with Crippen LogP contribution in [-0.4, -0.2) is 14.1 Å². The van der Waals surface area contributed by atoms with E-state index in [9.17, 15) is 0 Å². The standard InChI is InChI=1S/C13H17NS/c1-4-5-10-6-7-13-11(8-10)12(9-15-13)14(2)3/h6-9H,4-5H2,1-3H3. The van der Waals surface area contributed by atoms with Crippen molar-refractivity contribution in [1.29, 1.82) is 0 Å². The van der Waals surface area contributed by atoms with Crippen LogP contribution in [0.5, 0.6) is 0 Å². The van der Waals surface area contributed by atoms with Gasteiger partial charge in [0.1, 0.15) is 0 Å². The van der Waals surface area contributed by atoms with E-state index in [1.54, 1.807) is 0 Å². The molecule has 0 spiro atoms. The second-order valence-electron chi connectivity index (χ2n) is 4.10. The van der Waals surface area contributed by atoms with E-state index in [4.69, 9.17) is 0 Å². The molecule has 0 radical (unpaired) electrons. The summed E-state index contributed by atoms with van der Waals surface area (Å²) in [4.78, 5) is 2.19. The molecule has 0 amide bonds. The van der Waals surface area contributed by atoms with Crippen LogP contribution in [0.2, 0.25) is 0 Å². The first-order chi connectivity index (χ1) is 7.22. The number of benzene rings is 1. The van der Waals surface area contributed by atoms with E-state index in [1.807, 2.05) is 11.3 Å².